The molecule has 1 unspecified atom stereocenters. The summed E-state index contributed by atoms with van der Waals surface area (Å²) < 4.78 is 5.61. The minimum Gasteiger partial charge on any atom is -0.380 e. The van der Waals surface area contributed by atoms with Crippen molar-refractivity contribution in [1.29, 1.82) is 0 Å². The first-order chi connectivity index (χ1) is 9.72. The van der Waals surface area contributed by atoms with E-state index in [1.54, 1.807) is 7.11 Å². The monoisotopic (exact) mass is 348 g/mol. The van der Waals surface area contributed by atoms with Crippen molar-refractivity contribution < 1.29 is 9.53 Å². The molecule has 3 N–H and O–H groups in total. The fraction of sp³-hybridized carbons (Fsp3) is 0.500. The standard InChI is InChI=1S/C14H20N2O2S2.ClH/c1-18-12(9-15)8-13(17)16-11-4-2-3-10(7-11)14-19-5-6-20-14;/h2-4,7,12,14H,5-6,8-9,15H2,1H3,(H,16,17);1H. The second-order valence-corrected chi connectivity index (χ2v) is 7.27. The maximum absolute atomic E-state index is 11.9. The summed E-state index contributed by atoms with van der Waals surface area (Å²) in [6, 6.07) is 8.07. The molecule has 0 bridgehead atoms. The predicted molar refractivity (Wildman–Crippen MR) is 94.4 cm³/mol. The molecule has 4 nitrogen and oxygen atoms in total. The lowest BCUT2D eigenvalue weighted by Gasteiger charge is -2.14. The van der Waals surface area contributed by atoms with Crippen LogP contribution >= 0.6 is 35.9 Å². The van der Waals surface area contributed by atoms with Gasteiger partial charge in [0.15, 0.2) is 0 Å². The summed E-state index contributed by atoms with van der Waals surface area (Å²) in [5.41, 5.74) is 7.62. The van der Waals surface area contributed by atoms with Crippen molar-refractivity contribution in [1.82, 2.24) is 0 Å². The van der Waals surface area contributed by atoms with Gasteiger partial charge in [-0.25, -0.2) is 0 Å². The van der Waals surface area contributed by atoms with Crippen LogP contribution in [0.5, 0.6) is 0 Å². The average Bonchev–Trinajstić information content (AvgIpc) is 2.99. The van der Waals surface area contributed by atoms with Crippen molar-refractivity contribution >= 4 is 47.5 Å². The number of benzene rings is 1. The van der Waals surface area contributed by atoms with Crippen LogP contribution in [0.15, 0.2) is 24.3 Å². The fourth-order valence-electron chi connectivity index (χ4n) is 2.00. The zero-order chi connectivity index (χ0) is 14.4. The molecule has 1 saturated heterocycles. The maximum Gasteiger partial charge on any atom is 0.227 e. The van der Waals surface area contributed by atoms with E-state index >= 15 is 0 Å². The summed E-state index contributed by atoms with van der Waals surface area (Å²) in [5, 5.41) is 2.91. The minimum atomic E-state index is -0.223. The van der Waals surface area contributed by atoms with Crippen LogP contribution in [0.3, 0.4) is 0 Å². The molecule has 0 aliphatic carbocycles. The molecule has 0 spiro atoms. The zero-order valence-electron chi connectivity index (χ0n) is 11.9. The van der Waals surface area contributed by atoms with Gasteiger partial charge in [-0.1, -0.05) is 12.1 Å². The molecular formula is C14H21ClN2O2S2. The minimum absolute atomic E-state index is 0. The summed E-state index contributed by atoms with van der Waals surface area (Å²) in [6.07, 6.45) is 0.0589. The van der Waals surface area contributed by atoms with Crippen molar-refractivity contribution in [3.05, 3.63) is 29.8 Å². The lowest BCUT2D eigenvalue weighted by atomic mass is 10.2. The number of nitrogens with one attached hydrogen (secondary N) is 1. The molecule has 1 heterocycles. The number of nitrogens with two attached hydrogens (primary N) is 1. The number of thioether (sulfide) groups is 2. The number of halogens is 1. The number of hydrogen-bond acceptors (Lipinski definition) is 5. The number of hydrogen-bond donors (Lipinski definition) is 2. The summed E-state index contributed by atoms with van der Waals surface area (Å²) in [4.78, 5) is 11.9. The van der Waals surface area contributed by atoms with E-state index < -0.39 is 0 Å². The van der Waals surface area contributed by atoms with E-state index in [1.807, 2.05) is 35.7 Å². The van der Waals surface area contributed by atoms with E-state index in [0.29, 0.717) is 11.1 Å². The number of rotatable bonds is 6. The number of methoxy groups -OCH3 is 1. The maximum atomic E-state index is 11.9. The topological polar surface area (TPSA) is 64.3 Å². The molecule has 1 aliphatic heterocycles. The smallest absolute Gasteiger partial charge is 0.227 e. The molecule has 0 aromatic heterocycles. The van der Waals surface area contributed by atoms with Crippen LogP contribution in [-0.2, 0) is 9.53 Å². The van der Waals surface area contributed by atoms with Crippen LogP contribution in [-0.4, -0.2) is 37.2 Å². The van der Waals surface area contributed by atoms with Gasteiger partial charge in [-0.2, -0.15) is 0 Å². The summed E-state index contributed by atoms with van der Waals surface area (Å²) in [5.74, 6) is 2.32. The summed E-state index contributed by atoms with van der Waals surface area (Å²) >= 11 is 3.91. The van der Waals surface area contributed by atoms with Gasteiger partial charge in [-0.05, 0) is 17.7 Å². The molecule has 1 fully saturated rings. The van der Waals surface area contributed by atoms with Crippen molar-refractivity contribution in [3.8, 4) is 0 Å². The van der Waals surface area contributed by atoms with Crippen molar-refractivity contribution in [2.75, 3.05) is 30.5 Å². The van der Waals surface area contributed by atoms with Gasteiger partial charge in [0.05, 0.1) is 17.1 Å². The third kappa shape index (κ3) is 5.71. The van der Waals surface area contributed by atoms with Crippen molar-refractivity contribution in [2.24, 2.45) is 5.73 Å². The number of ether oxygens (including phenoxy) is 1. The Kier molecular flexibility index (Phi) is 8.51. The van der Waals surface area contributed by atoms with E-state index in [2.05, 4.69) is 17.4 Å². The van der Waals surface area contributed by atoms with E-state index in [0.717, 1.165) is 5.69 Å². The molecule has 1 aromatic rings. The second-order valence-electron chi connectivity index (χ2n) is 4.54. The number of carbonyl (C=O) groups is 1. The molecule has 2 rings (SSSR count). The lowest BCUT2D eigenvalue weighted by molar-refractivity contribution is -0.118. The van der Waals surface area contributed by atoms with Gasteiger partial charge in [0.1, 0.15) is 0 Å². The molecule has 0 saturated carbocycles. The van der Waals surface area contributed by atoms with Crippen LogP contribution in [0.1, 0.15) is 16.6 Å². The van der Waals surface area contributed by atoms with Gasteiger partial charge in [-0.3, -0.25) is 4.79 Å². The molecule has 21 heavy (non-hydrogen) atoms. The highest BCUT2D eigenvalue weighted by molar-refractivity contribution is 8.19. The molecule has 0 radical (unpaired) electrons. The van der Waals surface area contributed by atoms with E-state index in [-0.39, 0.29) is 30.8 Å². The Hall–Kier alpha value is -0.400. The predicted octanol–water partition coefficient (Wildman–Crippen LogP) is 2.89. The first-order valence-electron chi connectivity index (χ1n) is 6.59. The third-order valence-electron chi connectivity index (χ3n) is 3.07. The molecule has 7 heteroatoms. The van der Waals surface area contributed by atoms with Crippen molar-refractivity contribution in [2.45, 2.75) is 17.1 Å². The quantitative estimate of drug-likeness (QED) is 0.827. The van der Waals surface area contributed by atoms with Crippen LogP contribution in [0, 0.1) is 0 Å². The van der Waals surface area contributed by atoms with E-state index in [4.69, 9.17) is 10.5 Å². The normalized spacial score (nSPS) is 16.3. The van der Waals surface area contributed by atoms with Crippen LogP contribution in [0.2, 0.25) is 0 Å². The zero-order valence-corrected chi connectivity index (χ0v) is 14.4. The number of amides is 1. The second kappa shape index (κ2) is 9.58. The highest BCUT2D eigenvalue weighted by Crippen LogP contribution is 2.45. The fourth-order valence-corrected chi connectivity index (χ4v) is 4.83. The van der Waals surface area contributed by atoms with Gasteiger partial charge in [0, 0.05) is 30.8 Å². The lowest BCUT2D eigenvalue weighted by Crippen LogP contribution is -2.28. The summed E-state index contributed by atoms with van der Waals surface area (Å²) in [6.45, 7) is 0.347. The highest BCUT2D eigenvalue weighted by Gasteiger charge is 2.18. The van der Waals surface area contributed by atoms with E-state index in [9.17, 15) is 4.79 Å². The average molecular weight is 349 g/mol. The first-order valence-corrected chi connectivity index (χ1v) is 8.68. The van der Waals surface area contributed by atoms with Gasteiger partial charge >= 0.3 is 0 Å². The third-order valence-corrected chi connectivity index (χ3v) is 6.18. The first kappa shape index (κ1) is 18.6. The largest absolute Gasteiger partial charge is 0.380 e. The number of anilines is 1. The van der Waals surface area contributed by atoms with Crippen LogP contribution < -0.4 is 11.1 Å². The Morgan fingerprint density at radius 1 is 1.48 bits per heavy atom. The Labute approximate surface area is 140 Å². The molecule has 1 aliphatic rings. The highest BCUT2D eigenvalue weighted by atomic mass is 35.5. The molecule has 118 valence electrons. The molecule has 1 amide bonds. The Balaban J connectivity index is 0.00000220. The Morgan fingerprint density at radius 3 is 2.81 bits per heavy atom. The molecule has 1 atom stereocenters. The Bertz CT molecular complexity index is 452. The summed E-state index contributed by atoms with van der Waals surface area (Å²) in [7, 11) is 1.57. The van der Waals surface area contributed by atoms with Gasteiger partial charge in [0.2, 0.25) is 5.91 Å². The number of carbonyl (C=O) groups excluding carboxylic acids is 1. The Morgan fingerprint density at radius 2 is 2.19 bits per heavy atom. The van der Waals surface area contributed by atoms with Gasteiger partial charge < -0.3 is 15.8 Å². The van der Waals surface area contributed by atoms with Crippen molar-refractivity contribution in [3.63, 3.8) is 0 Å². The molecular weight excluding hydrogens is 328 g/mol. The van der Waals surface area contributed by atoms with Crippen LogP contribution in [0.4, 0.5) is 5.69 Å². The van der Waals surface area contributed by atoms with Gasteiger partial charge in [-0.15, -0.1) is 35.9 Å². The SMILES string of the molecule is COC(CN)CC(=O)Nc1cccc(C2SCCS2)c1.Cl. The van der Waals surface area contributed by atoms with Gasteiger partial charge in [0.25, 0.3) is 0 Å². The molecule has 1 aromatic carbocycles. The van der Waals surface area contributed by atoms with Crippen LogP contribution in [0.25, 0.3) is 0 Å². The van der Waals surface area contributed by atoms with E-state index in [1.165, 1.54) is 17.1 Å².